The third-order valence-electron chi connectivity index (χ3n) is 2.19. The van der Waals surface area contributed by atoms with Gasteiger partial charge in [0.2, 0.25) is 0 Å². The monoisotopic (exact) mass is 229 g/mol. The zero-order chi connectivity index (χ0) is 11.4. The molecule has 0 aliphatic rings. The van der Waals surface area contributed by atoms with E-state index >= 15 is 0 Å². The van der Waals surface area contributed by atoms with E-state index in [0.29, 0.717) is 5.56 Å². The molecule has 2 aromatic heterocycles. The summed E-state index contributed by atoms with van der Waals surface area (Å²) in [4.78, 5) is 6.48. The minimum absolute atomic E-state index is 0.579. The number of hydrogen-bond donors (Lipinski definition) is 1. The van der Waals surface area contributed by atoms with E-state index < -0.39 is 0 Å². The van der Waals surface area contributed by atoms with E-state index in [1.165, 1.54) is 9.75 Å². The van der Waals surface area contributed by atoms with E-state index in [1.54, 1.807) is 23.7 Å². The van der Waals surface area contributed by atoms with Gasteiger partial charge in [0.1, 0.15) is 6.07 Å². The van der Waals surface area contributed by atoms with Gasteiger partial charge in [-0.15, -0.1) is 11.3 Å². The molecule has 2 aromatic rings. The number of nitriles is 1. The SMILES string of the molecule is Cc1ccc(CNc2ccncc2C#N)s1. The Labute approximate surface area is 98.4 Å². The van der Waals surface area contributed by atoms with Crippen molar-refractivity contribution in [3.63, 3.8) is 0 Å². The molecule has 0 fully saturated rings. The van der Waals surface area contributed by atoms with Crippen LogP contribution in [0.15, 0.2) is 30.6 Å². The number of pyridine rings is 1. The quantitative estimate of drug-likeness (QED) is 0.880. The lowest BCUT2D eigenvalue weighted by Crippen LogP contribution is -1.99. The second-order valence-electron chi connectivity index (χ2n) is 3.40. The second kappa shape index (κ2) is 4.77. The lowest BCUT2D eigenvalue weighted by atomic mass is 10.2. The normalized spacial score (nSPS) is 9.75. The molecular weight excluding hydrogens is 218 g/mol. The lowest BCUT2D eigenvalue weighted by Gasteiger charge is -2.05. The predicted molar refractivity (Wildman–Crippen MR) is 65.3 cm³/mol. The van der Waals surface area contributed by atoms with Crippen LogP contribution in [0.25, 0.3) is 0 Å². The molecule has 3 nitrogen and oxygen atoms in total. The smallest absolute Gasteiger partial charge is 0.103 e. The standard InChI is InChI=1S/C12H11N3S/c1-9-2-3-11(16-9)8-15-12-4-5-14-7-10(12)6-13/h2-5,7H,8H2,1H3,(H,14,15). The van der Waals surface area contributed by atoms with Crippen LogP contribution in [0.2, 0.25) is 0 Å². The molecular formula is C12H11N3S. The van der Waals surface area contributed by atoms with Crippen LogP contribution in [0.3, 0.4) is 0 Å². The van der Waals surface area contributed by atoms with E-state index in [1.807, 2.05) is 6.07 Å². The first-order valence-corrected chi connectivity index (χ1v) is 5.74. The topological polar surface area (TPSA) is 48.7 Å². The third kappa shape index (κ3) is 2.38. The van der Waals surface area contributed by atoms with Crippen LogP contribution in [-0.2, 0) is 6.54 Å². The highest BCUT2D eigenvalue weighted by Crippen LogP contribution is 2.18. The van der Waals surface area contributed by atoms with Crippen LogP contribution in [0.4, 0.5) is 5.69 Å². The van der Waals surface area contributed by atoms with Gasteiger partial charge >= 0.3 is 0 Å². The average molecular weight is 229 g/mol. The predicted octanol–water partition coefficient (Wildman–Crippen LogP) is 2.94. The fourth-order valence-electron chi connectivity index (χ4n) is 1.40. The van der Waals surface area contributed by atoms with E-state index in [-0.39, 0.29) is 0 Å². The molecule has 0 aliphatic heterocycles. The number of rotatable bonds is 3. The first-order valence-electron chi connectivity index (χ1n) is 4.93. The van der Waals surface area contributed by atoms with Gasteiger partial charge in [-0.25, -0.2) is 0 Å². The Morgan fingerprint density at radius 1 is 1.44 bits per heavy atom. The molecule has 16 heavy (non-hydrogen) atoms. The maximum Gasteiger partial charge on any atom is 0.103 e. The van der Waals surface area contributed by atoms with Gasteiger partial charge in [-0.1, -0.05) is 0 Å². The Hall–Kier alpha value is -1.86. The van der Waals surface area contributed by atoms with Crippen LogP contribution in [0.1, 0.15) is 15.3 Å². The Kier molecular flexibility index (Phi) is 3.18. The zero-order valence-electron chi connectivity index (χ0n) is 8.90. The molecule has 0 radical (unpaired) electrons. The van der Waals surface area contributed by atoms with E-state index in [4.69, 9.17) is 5.26 Å². The van der Waals surface area contributed by atoms with E-state index in [0.717, 1.165) is 12.2 Å². The van der Waals surface area contributed by atoms with Crippen molar-refractivity contribution in [2.45, 2.75) is 13.5 Å². The van der Waals surface area contributed by atoms with Crippen LogP contribution in [-0.4, -0.2) is 4.98 Å². The van der Waals surface area contributed by atoms with Gasteiger partial charge < -0.3 is 5.32 Å². The van der Waals surface area contributed by atoms with Crippen molar-refractivity contribution in [2.75, 3.05) is 5.32 Å². The first-order chi connectivity index (χ1) is 7.79. The van der Waals surface area contributed by atoms with Crippen molar-refractivity contribution in [1.82, 2.24) is 4.98 Å². The molecule has 0 spiro atoms. The van der Waals surface area contributed by atoms with Crippen molar-refractivity contribution in [1.29, 1.82) is 5.26 Å². The molecule has 0 unspecified atom stereocenters. The van der Waals surface area contributed by atoms with Crippen LogP contribution in [0.5, 0.6) is 0 Å². The molecule has 4 heteroatoms. The first kappa shape index (κ1) is 10.7. The minimum Gasteiger partial charge on any atom is -0.379 e. The van der Waals surface area contributed by atoms with Gasteiger partial charge in [0.15, 0.2) is 0 Å². The number of aromatic nitrogens is 1. The fraction of sp³-hybridized carbons (Fsp3) is 0.167. The Balaban J connectivity index is 2.08. The molecule has 0 saturated heterocycles. The number of aryl methyl sites for hydroxylation is 1. The summed E-state index contributed by atoms with van der Waals surface area (Å²) in [6.45, 7) is 2.83. The van der Waals surface area contributed by atoms with Crippen LogP contribution < -0.4 is 5.32 Å². The van der Waals surface area contributed by atoms with Crippen molar-refractivity contribution in [2.24, 2.45) is 0 Å². The molecule has 2 heterocycles. The molecule has 2 rings (SSSR count). The van der Waals surface area contributed by atoms with Gasteiger partial charge in [-0.3, -0.25) is 4.98 Å². The van der Waals surface area contributed by atoms with Crippen molar-refractivity contribution < 1.29 is 0 Å². The van der Waals surface area contributed by atoms with Crippen molar-refractivity contribution in [3.05, 3.63) is 45.9 Å². The summed E-state index contributed by atoms with van der Waals surface area (Å²) in [7, 11) is 0. The number of thiophene rings is 1. The molecule has 0 bridgehead atoms. The molecule has 0 amide bonds. The summed E-state index contributed by atoms with van der Waals surface area (Å²) in [6, 6.07) is 8.13. The number of anilines is 1. The Bertz CT molecular complexity index is 525. The maximum atomic E-state index is 8.89. The van der Waals surface area contributed by atoms with Crippen LogP contribution >= 0.6 is 11.3 Å². The van der Waals surface area contributed by atoms with Gasteiger partial charge in [0.05, 0.1) is 11.3 Å². The fourth-order valence-corrected chi connectivity index (χ4v) is 2.23. The van der Waals surface area contributed by atoms with Gasteiger partial charge in [0.25, 0.3) is 0 Å². The molecule has 80 valence electrons. The van der Waals surface area contributed by atoms with Crippen LogP contribution in [0, 0.1) is 18.3 Å². The molecule has 1 N–H and O–H groups in total. The number of nitrogens with zero attached hydrogens (tertiary/aromatic N) is 2. The van der Waals surface area contributed by atoms with E-state index in [9.17, 15) is 0 Å². The van der Waals surface area contributed by atoms with E-state index in [2.05, 4.69) is 35.4 Å². The summed E-state index contributed by atoms with van der Waals surface area (Å²) in [5.74, 6) is 0. The van der Waals surface area contributed by atoms with Gasteiger partial charge in [-0.2, -0.15) is 5.26 Å². The highest BCUT2D eigenvalue weighted by Gasteiger charge is 2.01. The highest BCUT2D eigenvalue weighted by atomic mass is 32.1. The zero-order valence-corrected chi connectivity index (χ0v) is 9.71. The minimum atomic E-state index is 0.579. The highest BCUT2D eigenvalue weighted by molar-refractivity contribution is 7.11. The molecule has 0 atom stereocenters. The average Bonchev–Trinajstić information content (AvgIpc) is 2.73. The summed E-state index contributed by atoms with van der Waals surface area (Å²) in [5.41, 5.74) is 1.42. The molecule has 0 aliphatic carbocycles. The van der Waals surface area contributed by atoms with Gasteiger partial charge in [0, 0.05) is 28.7 Å². The largest absolute Gasteiger partial charge is 0.379 e. The molecule has 0 aromatic carbocycles. The van der Waals surface area contributed by atoms with Crippen molar-refractivity contribution in [3.8, 4) is 6.07 Å². The second-order valence-corrected chi connectivity index (χ2v) is 4.77. The summed E-state index contributed by atoms with van der Waals surface area (Å²) in [6.07, 6.45) is 3.25. The number of nitrogens with one attached hydrogen (secondary N) is 1. The summed E-state index contributed by atoms with van der Waals surface area (Å²) >= 11 is 1.76. The third-order valence-corrected chi connectivity index (χ3v) is 3.19. The summed E-state index contributed by atoms with van der Waals surface area (Å²) < 4.78 is 0. The lowest BCUT2D eigenvalue weighted by molar-refractivity contribution is 1.17. The Morgan fingerprint density at radius 2 is 2.31 bits per heavy atom. The summed E-state index contributed by atoms with van der Waals surface area (Å²) in [5, 5.41) is 12.1. The van der Waals surface area contributed by atoms with Gasteiger partial charge in [-0.05, 0) is 25.1 Å². The number of hydrogen-bond acceptors (Lipinski definition) is 4. The Morgan fingerprint density at radius 3 is 3.00 bits per heavy atom. The maximum absolute atomic E-state index is 8.89. The molecule has 0 saturated carbocycles. The van der Waals surface area contributed by atoms with Crippen molar-refractivity contribution >= 4 is 17.0 Å².